The number of amides is 1. The number of pyridine rings is 1. The zero-order valence-corrected chi connectivity index (χ0v) is 24.2. The van der Waals surface area contributed by atoms with Crippen LogP contribution in [0.3, 0.4) is 0 Å². The first-order valence-corrected chi connectivity index (χ1v) is 13.9. The molecule has 10 heteroatoms. The number of hydrogen-bond donors (Lipinski definition) is 2. The first-order chi connectivity index (χ1) is 20.1. The monoisotopic (exact) mass is 567 g/mol. The Morgan fingerprint density at radius 2 is 1.93 bits per heavy atom. The largest absolute Gasteiger partial charge is 0.444 e. The van der Waals surface area contributed by atoms with Gasteiger partial charge < -0.3 is 24.9 Å². The summed E-state index contributed by atoms with van der Waals surface area (Å²) in [6, 6.07) is 10.2. The Morgan fingerprint density at radius 3 is 2.57 bits per heavy atom. The molecule has 3 heterocycles. The molecule has 42 heavy (non-hydrogen) atoms. The lowest BCUT2D eigenvalue weighted by atomic mass is 9.95. The first kappa shape index (κ1) is 28.7. The third-order valence-corrected chi connectivity index (χ3v) is 7.50. The van der Waals surface area contributed by atoms with Crippen LogP contribution in [0, 0.1) is 23.7 Å². The number of benzene rings is 2. The highest BCUT2D eigenvalue weighted by Gasteiger charge is 2.28. The average molecular weight is 568 g/mol. The molecule has 1 aliphatic heterocycles. The zero-order chi connectivity index (χ0) is 30.0. The van der Waals surface area contributed by atoms with Gasteiger partial charge in [-0.3, -0.25) is 4.98 Å². The number of piperidine rings is 1. The second kappa shape index (κ2) is 11.6. The number of carbonyl (C=O) groups excluding carboxylic acids is 1. The number of nitrogens with one attached hydrogen (secondary N) is 2. The lowest BCUT2D eigenvalue weighted by Gasteiger charge is -2.33. The minimum atomic E-state index is -0.604. The lowest BCUT2D eigenvalue weighted by molar-refractivity contribution is 0.0178. The Hall–Kier alpha value is -4.78. The van der Waals surface area contributed by atoms with Crippen molar-refractivity contribution in [2.45, 2.75) is 45.8 Å². The fraction of sp³-hybridized carbons (Fsp3) is 0.344. The van der Waals surface area contributed by atoms with E-state index in [0.717, 1.165) is 29.6 Å². The SMILES string of the molecule is [C-]#[N+]c1ccc(-c2c(-c3ccc(NC)c(C=N)c3)ncc3c2ncn3CC2CCN(C(=O)OC(C)(C)C)CC2)cc1F. The molecule has 1 amide bonds. The molecular formula is C32H34FN7O2. The minimum absolute atomic E-state index is 0.0480. The van der Waals surface area contributed by atoms with E-state index in [2.05, 4.69) is 14.7 Å². The third kappa shape index (κ3) is 5.81. The van der Waals surface area contributed by atoms with Crippen LogP contribution in [0.4, 0.5) is 20.6 Å². The molecule has 2 aromatic carbocycles. The van der Waals surface area contributed by atoms with Crippen LogP contribution in [0.2, 0.25) is 0 Å². The van der Waals surface area contributed by atoms with E-state index >= 15 is 0 Å². The number of anilines is 1. The van der Waals surface area contributed by atoms with Crippen molar-refractivity contribution in [3.05, 3.63) is 71.7 Å². The van der Waals surface area contributed by atoms with E-state index in [1.165, 1.54) is 18.3 Å². The summed E-state index contributed by atoms with van der Waals surface area (Å²) in [5, 5.41) is 10.9. The van der Waals surface area contributed by atoms with Crippen LogP contribution >= 0.6 is 0 Å². The Balaban J connectivity index is 1.50. The van der Waals surface area contributed by atoms with Crippen molar-refractivity contribution >= 4 is 34.7 Å². The van der Waals surface area contributed by atoms with Crippen molar-refractivity contribution in [3.63, 3.8) is 0 Å². The predicted molar refractivity (Wildman–Crippen MR) is 163 cm³/mol. The highest BCUT2D eigenvalue weighted by atomic mass is 19.1. The van der Waals surface area contributed by atoms with Gasteiger partial charge in [-0.15, -0.1) is 0 Å². The van der Waals surface area contributed by atoms with Gasteiger partial charge in [-0.2, -0.15) is 0 Å². The number of halogens is 1. The van der Waals surface area contributed by atoms with Crippen molar-refractivity contribution in [1.82, 2.24) is 19.4 Å². The molecule has 0 spiro atoms. The minimum Gasteiger partial charge on any atom is -0.444 e. The van der Waals surface area contributed by atoms with Crippen molar-refractivity contribution in [2.24, 2.45) is 5.92 Å². The van der Waals surface area contributed by atoms with Crippen molar-refractivity contribution in [3.8, 4) is 22.4 Å². The molecule has 2 aromatic heterocycles. The van der Waals surface area contributed by atoms with Crippen molar-refractivity contribution < 1.29 is 13.9 Å². The number of nitrogens with zero attached hydrogens (tertiary/aromatic N) is 5. The smallest absolute Gasteiger partial charge is 0.410 e. The molecule has 5 rings (SSSR count). The van der Waals surface area contributed by atoms with Gasteiger partial charge in [-0.25, -0.2) is 19.0 Å². The average Bonchev–Trinajstić information content (AvgIpc) is 3.38. The summed E-state index contributed by atoms with van der Waals surface area (Å²) in [6.45, 7) is 14.8. The fourth-order valence-electron chi connectivity index (χ4n) is 5.37. The fourth-order valence-corrected chi connectivity index (χ4v) is 5.37. The van der Waals surface area contributed by atoms with Crippen LogP contribution < -0.4 is 5.32 Å². The van der Waals surface area contributed by atoms with Gasteiger partial charge in [0.15, 0.2) is 0 Å². The Labute approximate surface area is 244 Å². The van der Waals surface area contributed by atoms with Gasteiger partial charge in [-0.05, 0) is 63.3 Å². The molecule has 0 atom stereocenters. The summed E-state index contributed by atoms with van der Waals surface area (Å²) >= 11 is 0. The van der Waals surface area contributed by atoms with Crippen molar-refractivity contribution in [1.29, 1.82) is 5.41 Å². The summed E-state index contributed by atoms with van der Waals surface area (Å²) in [5.41, 5.74) is 5.03. The van der Waals surface area contributed by atoms with E-state index in [1.54, 1.807) is 30.5 Å². The van der Waals surface area contributed by atoms with Gasteiger partial charge in [0.2, 0.25) is 5.69 Å². The number of carbonyl (C=O) groups is 1. The molecule has 0 saturated carbocycles. The quantitative estimate of drug-likeness (QED) is 0.191. The maximum atomic E-state index is 14.8. The molecule has 0 aliphatic carbocycles. The molecule has 0 radical (unpaired) electrons. The lowest BCUT2D eigenvalue weighted by Crippen LogP contribution is -2.42. The molecule has 0 bridgehead atoms. The number of ether oxygens (including phenoxy) is 1. The Bertz CT molecular complexity index is 1690. The molecule has 1 fully saturated rings. The number of hydrogen-bond acceptors (Lipinski definition) is 6. The summed E-state index contributed by atoms with van der Waals surface area (Å²) in [7, 11) is 1.80. The second-order valence-electron chi connectivity index (χ2n) is 11.5. The number of aromatic nitrogens is 3. The van der Waals surface area contributed by atoms with E-state index in [9.17, 15) is 9.18 Å². The Morgan fingerprint density at radius 1 is 1.19 bits per heavy atom. The van der Waals surface area contributed by atoms with E-state index in [4.69, 9.17) is 26.7 Å². The van der Waals surface area contributed by atoms with Crippen LogP contribution in [-0.2, 0) is 11.3 Å². The summed E-state index contributed by atoms with van der Waals surface area (Å²) < 4.78 is 22.5. The van der Waals surface area contributed by atoms with Crippen LogP contribution in [-0.4, -0.2) is 57.5 Å². The van der Waals surface area contributed by atoms with Gasteiger partial charge in [0, 0.05) is 55.3 Å². The molecule has 1 aliphatic rings. The first-order valence-electron chi connectivity index (χ1n) is 13.9. The van der Waals surface area contributed by atoms with E-state index in [1.807, 2.05) is 39.0 Å². The van der Waals surface area contributed by atoms with Crippen LogP contribution in [0.5, 0.6) is 0 Å². The van der Waals surface area contributed by atoms with Crippen LogP contribution in [0.1, 0.15) is 39.2 Å². The summed E-state index contributed by atoms with van der Waals surface area (Å²) in [5.74, 6) is -0.267. The maximum absolute atomic E-state index is 14.8. The van der Waals surface area contributed by atoms with Gasteiger partial charge >= 0.3 is 6.09 Å². The third-order valence-electron chi connectivity index (χ3n) is 7.50. The van der Waals surface area contributed by atoms with Gasteiger partial charge in [0.25, 0.3) is 0 Å². The zero-order valence-electron chi connectivity index (χ0n) is 24.2. The van der Waals surface area contributed by atoms with Gasteiger partial charge in [-0.1, -0.05) is 18.2 Å². The Kier molecular flexibility index (Phi) is 7.94. The topological polar surface area (TPSA) is 100 Å². The molecule has 0 unspecified atom stereocenters. The summed E-state index contributed by atoms with van der Waals surface area (Å²) in [6.07, 6.45) is 6.25. The van der Waals surface area contributed by atoms with Crippen molar-refractivity contribution in [2.75, 3.05) is 25.5 Å². The van der Waals surface area contributed by atoms with Gasteiger partial charge in [0.1, 0.15) is 16.9 Å². The number of likely N-dealkylation sites (tertiary alicyclic amines) is 1. The number of rotatable bonds is 6. The number of fused-ring (bicyclic) bond motifs is 1. The van der Waals surface area contributed by atoms with Crippen LogP contribution in [0.15, 0.2) is 48.9 Å². The molecule has 2 N–H and O–H groups in total. The molecule has 4 aromatic rings. The molecule has 216 valence electrons. The molecular weight excluding hydrogens is 533 g/mol. The predicted octanol–water partition coefficient (Wildman–Crippen LogP) is 7.14. The normalized spacial score (nSPS) is 14.0. The standard InChI is InChI=1S/C32H34FN7O2/c1-32(2,3)42-31(41)39-12-10-20(11-13-39)18-40-19-38-30-27(40)17-37-29(22-7-8-25(35-4)23(14-22)16-34)28(30)21-6-9-26(36-5)24(33)15-21/h6-9,14-17,19-20,34-35H,10-13,18H2,1-4H3. The van der Waals surface area contributed by atoms with Gasteiger partial charge in [0.05, 0.1) is 30.3 Å². The highest BCUT2D eigenvalue weighted by Crippen LogP contribution is 2.38. The van der Waals surface area contributed by atoms with E-state index < -0.39 is 11.4 Å². The summed E-state index contributed by atoms with van der Waals surface area (Å²) in [4.78, 5) is 27.1. The highest BCUT2D eigenvalue weighted by molar-refractivity contribution is 6.00. The van der Waals surface area contributed by atoms with E-state index in [-0.39, 0.29) is 11.8 Å². The molecule has 1 saturated heterocycles. The van der Waals surface area contributed by atoms with Crippen LogP contribution in [0.25, 0.3) is 38.3 Å². The maximum Gasteiger partial charge on any atom is 0.410 e. The molecule has 9 nitrogen and oxygen atoms in total. The number of imidazole rings is 1. The second-order valence-corrected chi connectivity index (χ2v) is 11.5. The van der Waals surface area contributed by atoms with E-state index in [0.29, 0.717) is 53.5 Å².